The summed E-state index contributed by atoms with van der Waals surface area (Å²) < 4.78 is 13.6. The first kappa shape index (κ1) is 13.2. The van der Waals surface area contributed by atoms with Crippen molar-refractivity contribution in [3.05, 3.63) is 41.6 Å². The van der Waals surface area contributed by atoms with Crippen LogP contribution in [0.5, 0.6) is 0 Å². The molecule has 0 unspecified atom stereocenters. The maximum absolute atomic E-state index is 13.6. The highest BCUT2D eigenvalue weighted by Crippen LogP contribution is 2.17. The van der Waals surface area contributed by atoms with Gasteiger partial charge in [-0.05, 0) is 23.4 Å². The lowest BCUT2D eigenvalue weighted by Crippen LogP contribution is -2.00. The number of aromatic nitrogens is 4. The lowest BCUT2D eigenvalue weighted by Gasteiger charge is -2.04. The van der Waals surface area contributed by atoms with Gasteiger partial charge in [0.2, 0.25) is 5.82 Å². The average Bonchev–Trinajstić information content (AvgIpc) is 2.95. The summed E-state index contributed by atoms with van der Waals surface area (Å²) in [5, 5.41) is 32.9. The Morgan fingerprint density at radius 1 is 1.55 bits per heavy atom. The van der Waals surface area contributed by atoms with E-state index in [0.717, 1.165) is 6.07 Å². The van der Waals surface area contributed by atoms with Crippen LogP contribution < -0.4 is 5.32 Å². The molecular formula is C11H7FN6O2. The molecule has 3 N–H and O–H groups in total. The normalized spacial score (nSPS) is 10.9. The quantitative estimate of drug-likeness (QED) is 0.710. The fourth-order valence-corrected chi connectivity index (χ4v) is 1.34. The molecule has 0 radical (unpaired) electrons. The zero-order chi connectivity index (χ0) is 14.5. The van der Waals surface area contributed by atoms with Gasteiger partial charge in [0, 0.05) is 6.20 Å². The number of halogens is 1. The van der Waals surface area contributed by atoms with Gasteiger partial charge in [-0.25, -0.2) is 9.18 Å². The predicted molar refractivity (Wildman–Crippen MR) is 64.7 cm³/mol. The van der Waals surface area contributed by atoms with Crippen LogP contribution in [-0.4, -0.2) is 31.7 Å². The zero-order valence-electron chi connectivity index (χ0n) is 9.83. The Hall–Kier alpha value is -3.28. The summed E-state index contributed by atoms with van der Waals surface area (Å²) in [5.41, 5.74) is -0.109. The summed E-state index contributed by atoms with van der Waals surface area (Å²) in [6, 6.07) is 5.18. The van der Waals surface area contributed by atoms with Gasteiger partial charge in [0.15, 0.2) is 0 Å². The van der Waals surface area contributed by atoms with E-state index in [1.165, 1.54) is 18.3 Å². The number of rotatable bonds is 4. The van der Waals surface area contributed by atoms with Crippen molar-refractivity contribution in [3.63, 3.8) is 0 Å². The number of hydrogen-bond donors (Lipinski definition) is 3. The van der Waals surface area contributed by atoms with E-state index in [1.807, 2.05) is 6.07 Å². The average molecular weight is 274 g/mol. The topological polar surface area (TPSA) is 128 Å². The van der Waals surface area contributed by atoms with Crippen molar-refractivity contribution in [2.75, 3.05) is 5.32 Å². The number of aromatic amines is 1. The molecular weight excluding hydrogens is 267 g/mol. The minimum atomic E-state index is -1.23. The molecule has 1 aromatic carbocycles. The molecule has 9 heteroatoms. The number of nitrogens with one attached hydrogen (secondary N) is 2. The molecule has 0 amide bonds. The summed E-state index contributed by atoms with van der Waals surface area (Å²) in [5.74, 6) is -1.93. The van der Waals surface area contributed by atoms with Crippen molar-refractivity contribution in [2.45, 2.75) is 0 Å². The molecule has 0 aliphatic heterocycles. The van der Waals surface area contributed by atoms with E-state index in [4.69, 9.17) is 10.4 Å². The molecule has 1 aromatic heterocycles. The van der Waals surface area contributed by atoms with Gasteiger partial charge >= 0.3 is 5.97 Å². The summed E-state index contributed by atoms with van der Waals surface area (Å²) in [7, 11) is 0. The fourth-order valence-electron chi connectivity index (χ4n) is 1.34. The third-order valence-corrected chi connectivity index (χ3v) is 2.29. The molecule has 0 aliphatic rings. The number of hydrogen-bond acceptors (Lipinski definition) is 6. The van der Waals surface area contributed by atoms with Crippen LogP contribution in [0, 0.1) is 17.1 Å². The standard InChI is InChI=1S/C11H7FN6O2/c12-8-3-6(11(19)20)1-2-9(8)14-5-7(4-13)10-15-17-18-16-10/h1-3,5,14H,(H,19,20)(H,15,16,17,18). The number of carboxylic acid groups (broad SMARTS) is 1. The van der Waals surface area contributed by atoms with Crippen molar-refractivity contribution >= 4 is 17.2 Å². The Labute approximate surface area is 111 Å². The number of tetrazole rings is 1. The molecule has 8 nitrogen and oxygen atoms in total. The zero-order valence-corrected chi connectivity index (χ0v) is 9.83. The molecule has 100 valence electrons. The highest BCUT2D eigenvalue weighted by molar-refractivity contribution is 5.88. The molecule has 2 aromatic rings. The van der Waals surface area contributed by atoms with Crippen LogP contribution in [0.2, 0.25) is 0 Å². The Balaban J connectivity index is 2.22. The summed E-state index contributed by atoms with van der Waals surface area (Å²) in [6.07, 6.45) is 1.20. The van der Waals surface area contributed by atoms with Gasteiger partial charge < -0.3 is 10.4 Å². The van der Waals surface area contributed by atoms with Crippen molar-refractivity contribution < 1.29 is 14.3 Å². The van der Waals surface area contributed by atoms with Gasteiger partial charge in [0.1, 0.15) is 17.5 Å². The first-order chi connectivity index (χ1) is 9.61. The monoisotopic (exact) mass is 274 g/mol. The molecule has 0 atom stereocenters. The third kappa shape index (κ3) is 2.75. The van der Waals surface area contributed by atoms with Gasteiger partial charge in [0.25, 0.3) is 0 Å². The van der Waals surface area contributed by atoms with Crippen LogP contribution in [0.15, 0.2) is 24.4 Å². The van der Waals surface area contributed by atoms with E-state index < -0.39 is 11.8 Å². The SMILES string of the molecule is N#CC(=CNc1ccc(C(=O)O)cc1F)c1nn[nH]n1. The van der Waals surface area contributed by atoms with Crippen molar-refractivity contribution in [2.24, 2.45) is 0 Å². The highest BCUT2D eigenvalue weighted by atomic mass is 19.1. The number of allylic oxidation sites excluding steroid dienone is 1. The second-order valence-corrected chi connectivity index (χ2v) is 3.55. The van der Waals surface area contributed by atoms with Crippen molar-refractivity contribution in [1.82, 2.24) is 20.6 Å². The van der Waals surface area contributed by atoms with Crippen LogP contribution in [0.25, 0.3) is 5.57 Å². The van der Waals surface area contributed by atoms with Crippen LogP contribution in [0.3, 0.4) is 0 Å². The van der Waals surface area contributed by atoms with Gasteiger partial charge in [-0.1, -0.05) is 0 Å². The van der Waals surface area contributed by atoms with E-state index >= 15 is 0 Å². The first-order valence-electron chi connectivity index (χ1n) is 5.25. The molecule has 0 saturated carbocycles. The number of nitrogens with zero attached hydrogens (tertiary/aromatic N) is 4. The number of nitriles is 1. The molecule has 20 heavy (non-hydrogen) atoms. The van der Waals surface area contributed by atoms with Crippen LogP contribution in [-0.2, 0) is 0 Å². The predicted octanol–water partition coefficient (Wildman–Crippen LogP) is 1.01. The van der Waals surface area contributed by atoms with Crippen LogP contribution in [0.1, 0.15) is 16.2 Å². The number of carboxylic acids is 1. The first-order valence-corrected chi connectivity index (χ1v) is 5.25. The molecule has 0 aliphatic carbocycles. The second kappa shape index (κ2) is 5.57. The lowest BCUT2D eigenvalue weighted by molar-refractivity contribution is 0.0696. The van der Waals surface area contributed by atoms with Crippen molar-refractivity contribution in [3.8, 4) is 6.07 Å². The summed E-state index contributed by atoms with van der Waals surface area (Å²) >= 11 is 0. The van der Waals surface area contributed by atoms with Gasteiger partial charge in [-0.3, -0.25) is 0 Å². The molecule has 1 heterocycles. The van der Waals surface area contributed by atoms with Crippen LogP contribution >= 0.6 is 0 Å². The maximum Gasteiger partial charge on any atom is 0.335 e. The fraction of sp³-hybridized carbons (Fsp3) is 0. The summed E-state index contributed by atoms with van der Waals surface area (Å²) in [6.45, 7) is 0. The lowest BCUT2D eigenvalue weighted by atomic mass is 10.2. The minimum Gasteiger partial charge on any atom is -0.478 e. The molecule has 0 spiro atoms. The van der Waals surface area contributed by atoms with E-state index in [1.54, 1.807) is 0 Å². The molecule has 0 saturated heterocycles. The molecule has 2 rings (SSSR count). The van der Waals surface area contributed by atoms with Crippen LogP contribution in [0.4, 0.5) is 10.1 Å². The third-order valence-electron chi connectivity index (χ3n) is 2.29. The largest absolute Gasteiger partial charge is 0.478 e. The van der Waals surface area contributed by atoms with Gasteiger partial charge in [0.05, 0.1) is 11.3 Å². The number of carbonyl (C=O) groups is 1. The van der Waals surface area contributed by atoms with E-state index in [9.17, 15) is 9.18 Å². The summed E-state index contributed by atoms with van der Waals surface area (Å²) in [4.78, 5) is 10.7. The Kier molecular flexibility index (Phi) is 3.67. The number of anilines is 1. The van der Waals surface area contributed by atoms with Gasteiger partial charge in [-0.15, -0.1) is 10.2 Å². The second-order valence-electron chi connectivity index (χ2n) is 3.55. The Morgan fingerprint density at radius 2 is 2.35 bits per heavy atom. The molecule has 0 fully saturated rings. The number of H-pyrrole nitrogens is 1. The number of aromatic carboxylic acids is 1. The smallest absolute Gasteiger partial charge is 0.335 e. The van der Waals surface area contributed by atoms with E-state index in [0.29, 0.717) is 0 Å². The Bertz CT molecular complexity index is 704. The maximum atomic E-state index is 13.6. The minimum absolute atomic E-state index is 0.0197. The Morgan fingerprint density at radius 3 is 2.90 bits per heavy atom. The molecule has 0 bridgehead atoms. The van der Waals surface area contributed by atoms with Crippen molar-refractivity contribution in [1.29, 1.82) is 5.26 Å². The highest BCUT2D eigenvalue weighted by Gasteiger charge is 2.09. The number of benzene rings is 1. The van der Waals surface area contributed by atoms with E-state index in [2.05, 4.69) is 25.9 Å². The van der Waals surface area contributed by atoms with E-state index in [-0.39, 0.29) is 22.6 Å². The van der Waals surface area contributed by atoms with Gasteiger partial charge in [-0.2, -0.15) is 10.5 Å².